The van der Waals surface area contributed by atoms with E-state index in [4.69, 9.17) is 0 Å². The van der Waals surface area contributed by atoms with Gasteiger partial charge in [-0.25, -0.2) is 4.68 Å². The molecule has 1 aromatic heterocycles. The first-order valence-electron chi connectivity index (χ1n) is 7.15. The van der Waals surface area contributed by atoms with Gasteiger partial charge in [0.15, 0.2) is 12.0 Å². The molecule has 0 aliphatic carbocycles. The van der Waals surface area contributed by atoms with Crippen molar-refractivity contribution in [2.24, 2.45) is 0 Å². The fraction of sp³-hybridized carbons (Fsp3) is 0.167. The van der Waals surface area contributed by atoms with Crippen LogP contribution in [0.5, 0.6) is 0 Å². The number of aryl methyl sites for hydroxylation is 3. The van der Waals surface area contributed by atoms with Gasteiger partial charge in [-0.15, -0.1) is 5.10 Å². The average Bonchev–Trinajstić information content (AvgIpc) is 2.93. The lowest BCUT2D eigenvalue weighted by Gasteiger charge is -2.11. The van der Waals surface area contributed by atoms with Crippen LogP contribution in [-0.2, 0) is 0 Å². The summed E-state index contributed by atoms with van der Waals surface area (Å²) >= 11 is 0. The van der Waals surface area contributed by atoms with Gasteiger partial charge in [0.25, 0.3) is 0 Å². The molecule has 0 saturated heterocycles. The summed E-state index contributed by atoms with van der Waals surface area (Å²) in [6, 6.07) is 14.2. The first-order chi connectivity index (χ1) is 10.6. The van der Waals surface area contributed by atoms with Crippen LogP contribution in [0.25, 0.3) is 16.9 Å². The van der Waals surface area contributed by atoms with E-state index in [1.807, 2.05) is 51.1 Å². The quantitative estimate of drug-likeness (QED) is 0.692. The van der Waals surface area contributed by atoms with Crippen LogP contribution >= 0.6 is 0 Å². The summed E-state index contributed by atoms with van der Waals surface area (Å²) in [5, 5.41) is 8.23. The van der Waals surface area contributed by atoms with Gasteiger partial charge in [0.05, 0.1) is 5.69 Å². The minimum absolute atomic E-state index is 0.353. The Balaban J connectivity index is 2.28. The van der Waals surface area contributed by atoms with E-state index in [-0.39, 0.29) is 0 Å². The van der Waals surface area contributed by atoms with Gasteiger partial charge in [0.1, 0.15) is 5.69 Å². The van der Waals surface area contributed by atoms with Crippen molar-refractivity contribution in [3.05, 3.63) is 64.8 Å². The van der Waals surface area contributed by atoms with Crippen molar-refractivity contribution in [2.45, 2.75) is 20.8 Å². The highest BCUT2D eigenvalue weighted by Gasteiger charge is 2.17. The number of carbonyl (C=O) groups excluding carboxylic acids is 1. The molecule has 0 aliphatic rings. The van der Waals surface area contributed by atoms with Crippen molar-refractivity contribution in [3.8, 4) is 16.9 Å². The Hall–Kier alpha value is -2.75. The summed E-state index contributed by atoms with van der Waals surface area (Å²) in [6.07, 6.45) is 0.756. The monoisotopic (exact) mass is 291 g/mol. The molecule has 0 aliphatic heterocycles. The number of aromatic nitrogens is 3. The van der Waals surface area contributed by atoms with E-state index in [1.165, 1.54) is 0 Å². The van der Waals surface area contributed by atoms with Crippen LogP contribution in [0.15, 0.2) is 42.5 Å². The van der Waals surface area contributed by atoms with Crippen LogP contribution in [0.1, 0.15) is 27.2 Å². The Labute approximate surface area is 129 Å². The molecule has 0 amide bonds. The van der Waals surface area contributed by atoms with Crippen LogP contribution < -0.4 is 0 Å². The number of hydrogen-bond donors (Lipinski definition) is 0. The highest BCUT2D eigenvalue weighted by atomic mass is 16.1. The summed E-state index contributed by atoms with van der Waals surface area (Å²) in [7, 11) is 0. The third-order valence-electron chi connectivity index (χ3n) is 3.69. The molecule has 0 spiro atoms. The highest BCUT2D eigenvalue weighted by molar-refractivity contribution is 5.84. The first kappa shape index (κ1) is 14.2. The summed E-state index contributed by atoms with van der Waals surface area (Å²) < 4.78 is 1.75. The largest absolute Gasteiger partial charge is 0.296 e. The molecule has 0 saturated carbocycles. The zero-order valence-corrected chi connectivity index (χ0v) is 12.9. The van der Waals surface area contributed by atoms with Crippen molar-refractivity contribution in [3.63, 3.8) is 0 Å². The molecule has 3 rings (SSSR count). The van der Waals surface area contributed by atoms with Gasteiger partial charge < -0.3 is 0 Å². The highest BCUT2D eigenvalue weighted by Crippen LogP contribution is 2.27. The van der Waals surface area contributed by atoms with E-state index < -0.39 is 0 Å². The van der Waals surface area contributed by atoms with Crippen LogP contribution in [-0.4, -0.2) is 21.3 Å². The van der Waals surface area contributed by atoms with Gasteiger partial charge in [0, 0.05) is 5.56 Å². The normalized spacial score (nSPS) is 10.7. The van der Waals surface area contributed by atoms with Gasteiger partial charge in [-0.05, 0) is 44.0 Å². The average molecular weight is 291 g/mol. The SMILES string of the molecule is Cc1cccc(-c2c(C=O)nnn2-c2cc(C)ccc2C)c1. The zero-order valence-electron chi connectivity index (χ0n) is 12.9. The van der Waals surface area contributed by atoms with Gasteiger partial charge in [-0.2, -0.15) is 0 Å². The predicted molar refractivity (Wildman–Crippen MR) is 86.4 cm³/mol. The molecular formula is C18H17N3O. The van der Waals surface area contributed by atoms with Crippen molar-refractivity contribution < 1.29 is 4.79 Å². The van der Waals surface area contributed by atoms with E-state index >= 15 is 0 Å². The Kier molecular flexibility index (Phi) is 3.59. The molecule has 0 bridgehead atoms. The maximum Gasteiger partial charge on any atom is 0.172 e. The summed E-state index contributed by atoms with van der Waals surface area (Å²) in [6.45, 7) is 6.08. The van der Waals surface area contributed by atoms with Crippen molar-refractivity contribution >= 4 is 6.29 Å². The van der Waals surface area contributed by atoms with Gasteiger partial charge >= 0.3 is 0 Å². The number of hydrogen-bond acceptors (Lipinski definition) is 3. The Morgan fingerprint density at radius 1 is 1.00 bits per heavy atom. The lowest BCUT2D eigenvalue weighted by molar-refractivity contribution is 0.111. The van der Waals surface area contributed by atoms with Crippen LogP contribution in [0, 0.1) is 20.8 Å². The number of carbonyl (C=O) groups is 1. The second kappa shape index (κ2) is 5.56. The molecule has 0 N–H and O–H groups in total. The third-order valence-corrected chi connectivity index (χ3v) is 3.69. The molecular weight excluding hydrogens is 274 g/mol. The molecule has 3 aromatic rings. The molecule has 0 fully saturated rings. The number of rotatable bonds is 3. The molecule has 22 heavy (non-hydrogen) atoms. The molecule has 0 radical (unpaired) electrons. The smallest absolute Gasteiger partial charge is 0.172 e. The summed E-state index contributed by atoms with van der Waals surface area (Å²) in [4.78, 5) is 11.4. The van der Waals surface area contributed by atoms with E-state index in [1.54, 1.807) is 4.68 Å². The number of aldehydes is 1. The second-order valence-corrected chi connectivity index (χ2v) is 5.51. The first-order valence-corrected chi connectivity index (χ1v) is 7.15. The minimum atomic E-state index is 0.353. The van der Waals surface area contributed by atoms with Crippen LogP contribution in [0.3, 0.4) is 0 Å². The molecule has 4 nitrogen and oxygen atoms in total. The van der Waals surface area contributed by atoms with E-state index in [0.717, 1.165) is 39.9 Å². The Morgan fingerprint density at radius 3 is 2.50 bits per heavy atom. The van der Waals surface area contributed by atoms with Gasteiger partial charge in [0.2, 0.25) is 0 Å². The van der Waals surface area contributed by atoms with Crippen molar-refractivity contribution in [1.29, 1.82) is 0 Å². The second-order valence-electron chi connectivity index (χ2n) is 5.51. The van der Waals surface area contributed by atoms with Crippen molar-refractivity contribution in [1.82, 2.24) is 15.0 Å². The topological polar surface area (TPSA) is 47.8 Å². The minimum Gasteiger partial charge on any atom is -0.296 e. The fourth-order valence-corrected chi connectivity index (χ4v) is 2.55. The Bertz CT molecular complexity index is 849. The summed E-state index contributed by atoms with van der Waals surface area (Å²) in [5.74, 6) is 0. The lowest BCUT2D eigenvalue weighted by atomic mass is 10.1. The molecule has 1 heterocycles. The number of nitrogens with zero attached hydrogens (tertiary/aromatic N) is 3. The van der Waals surface area contributed by atoms with Gasteiger partial charge in [-0.3, -0.25) is 4.79 Å². The zero-order chi connectivity index (χ0) is 15.7. The van der Waals surface area contributed by atoms with E-state index in [9.17, 15) is 4.79 Å². The molecule has 4 heteroatoms. The maximum absolute atomic E-state index is 11.4. The lowest BCUT2D eigenvalue weighted by Crippen LogP contribution is -2.03. The van der Waals surface area contributed by atoms with Crippen molar-refractivity contribution in [2.75, 3.05) is 0 Å². The standard InChI is InChI=1S/C18H17N3O/c1-12-5-4-6-15(9-12)18-16(11-22)19-20-21(18)17-10-13(2)7-8-14(17)3/h4-11H,1-3H3. The van der Waals surface area contributed by atoms with E-state index in [0.29, 0.717) is 5.69 Å². The third kappa shape index (κ3) is 2.44. The molecule has 0 atom stereocenters. The molecule has 0 unspecified atom stereocenters. The van der Waals surface area contributed by atoms with E-state index in [2.05, 4.69) is 22.4 Å². The van der Waals surface area contributed by atoms with Crippen LogP contribution in [0.2, 0.25) is 0 Å². The number of benzene rings is 2. The fourth-order valence-electron chi connectivity index (χ4n) is 2.55. The summed E-state index contributed by atoms with van der Waals surface area (Å²) in [5.41, 5.74) is 6.31. The van der Waals surface area contributed by atoms with Crippen LogP contribution in [0.4, 0.5) is 0 Å². The predicted octanol–water partition coefficient (Wildman–Crippen LogP) is 3.67. The van der Waals surface area contributed by atoms with Gasteiger partial charge in [-0.1, -0.05) is 41.1 Å². The maximum atomic E-state index is 11.4. The Morgan fingerprint density at radius 2 is 1.77 bits per heavy atom. The molecule has 2 aromatic carbocycles. The molecule has 110 valence electrons.